The number of aromatic nitrogens is 2. The first kappa shape index (κ1) is 27.3. The van der Waals surface area contributed by atoms with Crippen molar-refractivity contribution < 1.29 is 14.0 Å². The van der Waals surface area contributed by atoms with Gasteiger partial charge in [0.25, 0.3) is 0 Å². The Morgan fingerprint density at radius 3 is 2.37 bits per heavy atom. The molecule has 0 aliphatic carbocycles. The smallest absolute Gasteiger partial charge is 0.242 e. The average Bonchev–Trinajstić information content (AvgIpc) is 3.31. The summed E-state index contributed by atoms with van der Waals surface area (Å²) in [6.07, 6.45) is 1.92. The van der Waals surface area contributed by atoms with Crippen LogP contribution in [0.5, 0.6) is 0 Å². The van der Waals surface area contributed by atoms with Crippen LogP contribution in [-0.2, 0) is 9.59 Å². The molecular weight excluding hydrogens is 535 g/mol. The van der Waals surface area contributed by atoms with E-state index in [1.807, 2.05) is 47.4 Å². The molecule has 0 radical (unpaired) electrons. The van der Waals surface area contributed by atoms with E-state index in [9.17, 15) is 14.0 Å². The second kappa shape index (κ2) is 11.5. The van der Waals surface area contributed by atoms with Gasteiger partial charge in [0.15, 0.2) is 0 Å². The lowest BCUT2D eigenvalue weighted by Gasteiger charge is -2.32. The molecule has 1 atom stereocenters. The van der Waals surface area contributed by atoms with Crippen LogP contribution in [0, 0.1) is 18.7 Å². The number of hydrogen-bond acceptors (Lipinski definition) is 4. The van der Waals surface area contributed by atoms with Gasteiger partial charge in [0.1, 0.15) is 18.2 Å². The minimum atomic E-state index is -0.356. The number of nitrogens with zero attached hydrogens (tertiary/aromatic N) is 4. The first-order valence-corrected chi connectivity index (χ1v) is 15.1. The van der Waals surface area contributed by atoms with Crippen LogP contribution in [0.15, 0.2) is 78.9 Å². The Labute approximate surface area is 244 Å². The van der Waals surface area contributed by atoms with Gasteiger partial charge in [-0.1, -0.05) is 61.5 Å². The number of aryl methyl sites for hydroxylation is 1. The fourth-order valence-electron chi connectivity index (χ4n) is 5.71. The third kappa shape index (κ3) is 5.40. The molecule has 2 aliphatic heterocycles. The van der Waals surface area contributed by atoms with Crippen LogP contribution < -0.4 is 4.90 Å². The molecule has 210 valence electrons. The second-order valence-electron chi connectivity index (χ2n) is 10.9. The van der Waals surface area contributed by atoms with E-state index in [2.05, 4.69) is 26.0 Å². The van der Waals surface area contributed by atoms with Crippen molar-refractivity contribution in [1.29, 1.82) is 0 Å². The summed E-state index contributed by atoms with van der Waals surface area (Å²) in [6, 6.07) is 24.2. The first-order chi connectivity index (χ1) is 19.9. The van der Waals surface area contributed by atoms with Crippen LogP contribution in [0.4, 0.5) is 10.2 Å². The number of likely N-dealkylation sites (tertiary alicyclic amines) is 1. The lowest BCUT2D eigenvalue weighted by atomic mass is 9.96. The molecule has 41 heavy (non-hydrogen) atoms. The van der Waals surface area contributed by atoms with E-state index in [1.54, 1.807) is 33.5 Å². The van der Waals surface area contributed by atoms with Crippen molar-refractivity contribution in [2.75, 3.05) is 30.3 Å². The lowest BCUT2D eigenvalue weighted by molar-refractivity contribution is -0.132. The van der Waals surface area contributed by atoms with Crippen LogP contribution in [-0.4, -0.2) is 51.9 Å². The van der Waals surface area contributed by atoms with E-state index in [-0.39, 0.29) is 35.2 Å². The second-order valence-corrected chi connectivity index (χ2v) is 12.0. The number of benzene rings is 3. The maximum absolute atomic E-state index is 14.0. The standard InChI is InChI=1S/C33H33FN4O2S/c1-22-16-18-36(19-17-22)28(39)20-37-29(40)21-41-32(27-11-7-6-8-23(27)2)30-31(24-9-4-3-5-10-24)35-38(33(30)37)26-14-12-25(34)13-15-26/h3-15,22,32H,16-21H2,1-2H3. The molecule has 0 N–H and O–H groups in total. The highest BCUT2D eigenvalue weighted by Crippen LogP contribution is 2.49. The number of rotatable bonds is 5. The quantitative estimate of drug-likeness (QED) is 0.279. The molecule has 3 aromatic carbocycles. The van der Waals surface area contributed by atoms with Crippen molar-refractivity contribution in [3.8, 4) is 16.9 Å². The zero-order valence-corrected chi connectivity index (χ0v) is 24.1. The molecular formula is C33H33FN4O2S. The Morgan fingerprint density at radius 2 is 1.66 bits per heavy atom. The molecule has 0 saturated carbocycles. The van der Waals surface area contributed by atoms with Crippen LogP contribution >= 0.6 is 11.8 Å². The van der Waals surface area contributed by atoms with Gasteiger partial charge in [0, 0.05) is 24.2 Å². The highest BCUT2D eigenvalue weighted by atomic mass is 32.2. The number of piperidine rings is 1. The highest BCUT2D eigenvalue weighted by Gasteiger charge is 2.38. The zero-order valence-electron chi connectivity index (χ0n) is 23.3. The van der Waals surface area contributed by atoms with E-state index in [1.165, 1.54) is 12.1 Å². The molecule has 4 aromatic rings. The number of carbonyl (C=O) groups is 2. The van der Waals surface area contributed by atoms with E-state index < -0.39 is 0 Å². The molecule has 0 bridgehead atoms. The van der Waals surface area contributed by atoms with E-state index in [0.717, 1.165) is 40.8 Å². The summed E-state index contributed by atoms with van der Waals surface area (Å²) >= 11 is 1.56. The van der Waals surface area contributed by atoms with Crippen LogP contribution in [0.2, 0.25) is 0 Å². The van der Waals surface area contributed by atoms with Crippen molar-refractivity contribution in [3.05, 3.63) is 101 Å². The predicted octanol–water partition coefficient (Wildman–Crippen LogP) is 6.41. The molecule has 1 fully saturated rings. The normalized spacial score (nSPS) is 17.8. The number of fused-ring (bicyclic) bond motifs is 1. The van der Waals surface area contributed by atoms with Gasteiger partial charge in [-0.2, -0.15) is 5.10 Å². The van der Waals surface area contributed by atoms with E-state index in [4.69, 9.17) is 5.10 Å². The van der Waals surface area contributed by atoms with Crippen molar-refractivity contribution in [1.82, 2.24) is 14.7 Å². The van der Waals surface area contributed by atoms with Crippen LogP contribution in [0.25, 0.3) is 16.9 Å². The van der Waals surface area contributed by atoms with Gasteiger partial charge in [-0.3, -0.25) is 14.5 Å². The maximum atomic E-state index is 14.0. The zero-order chi connectivity index (χ0) is 28.5. The summed E-state index contributed by atoms with van der Waals surface area (Å²) in [7, 11) is 0. The van der Waals surface area contributed by atoms with Crippen LogP contribution in [0.3, 0.4) is 0 Å². The Kier molecular flexibility index (Phi) is 7.67. The number of hydrogen-bond donors (Lipinski definition) is 0. The Balaban J connectivity index is 1.57. The van der Waals surface area contributed by atoms with Gasteiger partial charge < -0.3 is 4.90 Å². The number of carbonyl (C=O) groups excluding carboxylic acids is 2. The third-order valence-corrected chi connectivity index (χ3v) is 9.34. The topological polar surface area (TPSA) is 58.4 Å². The molecule has 2 amide bonds. The van der Waals surface area contributed by atoms with Gasteiger partial charge in [-0.25, -0.2) is 9.07 Å². The Hall–Kier alpha value is -3.91. The highest BCUT2D eigenvalue weighted by molar-refractivity contribution is 8.00. The van der Waals surface area contributed by atoms with Crippen LogP contribution in [0.1, 0.15) is 41.7 Å². The molecule has 2 aliphatic rings. The molecule has 1 unspecified atom stereocenters. The van der Waals surface area contributed by atoms with Crippen molar-refractivity contribution in [3.63, 3.8) is 0 Å². The first-order valence-electron chi connectivity index (χ1n) is 14.1. The Bertz CT molecular complexity index is 1560. The summed E-state index contributed by atoms with van der Waals surface area (Å²) in [6.45, 7) is 5.61. The predicted molar refractivity (Wildman–Crippen MR) is 162 cm³/mol. The minimum Gasteiger partial charge on any atom is -0.341 e. The summed E-state index contributed by atoms with van der Waals surface area (Å²) in [5.41, 5.74) is 5.37. The van der Waals surface area contributed by atoms with Crippen molar-refractivity contribution in [2.24, 2.45) is 5.92 Å². The lowest BCUT2D eigenvalue weighted by Crippen LogP contribution is -2.46. The minimum absolute atomic E-state index is 0.0661. The molecule has 6 rings (SSSR count). The number of amides is 2. The monoisotopic (exact) mass is 568 g/mol. The molecule has 3 heterocycles. The number of anilines is 1. The van der Waals surface area contributed by atoms with Gasteiger partial charge in [-0.05, 0) is 61.1 Å². The third-order valence-electron chi connectivity index (χ3n) is 8.11. The SMILES string of the molecule is Cc1ccccc1C1SCC(=O)N(CC(=O)N2CCC(C)CC2)c2c1c(-c1ccccc1)nn2-c1ccc(F)cc1. The number of thioether (sulfide) groups is 1. The molecule has 8 heteroatoms. The largest absolute Gasteiger partial charge is 0.341 e. The van der Waals surface area contributed by atoms with E-state index in [0.29, 0.717) is 30.5 Å². The molecule has 1 saturated heterocycles. The molecule has 6 nitrogen and oxygen atoms in total. The fourth-order valence-corrected chi connectivity index (χ4v) is 7.00. The van der Waals surface area contributed by atoms with Crippen molar-refractivity contribution in [2.45, 2.75) is 31.9 Å². The molecule has 0 spiro atoms. The summed E-state index contributed by atoms with van der Waals surface area (Å²) in [5, 5.41) is 4.89. The van der Waals surface area contributed by atoms with Crippen molar-refractivity contribution >= 4 is 29.4 Å². The van der Waals surface area contributed by atoms with Gasteiger partial charge in [-0.15, -0.1) is 11.8 Å². The van der Waals surface area contributed by atoms with E-state index >= 15 is 0 Å². The van der Waals surface area contributed by atoms with Gasteiger partial charge in [0.05, 0.1) is 22.4 Å². The number of halogens is 1. The van der Waals surface area contributed by atoms with Gasteiger partial charge >= 0.3 is 0 Å². The maximum Gasteiger partial charge on any atom is 0.242 e. The summed E-state index contributed by atoms with van der Waals surface area (Å²) in [5.74, 6) is 0.807. The fraction of sp³-hybridized carbons (Fsp3) is 0.303. The van der Waals surface area contributed by atoms with Gasteiger partial charge in [0.2, 0.25) is 11.8 Å². The summed E-state index contributed by atoms with van der Waals surface area (Å²) < 4.78 is 15.7. The average molecular weight is 569 g/mol. The Morgan fingerprint density at radius 1 is 0.976 bits per heavy atom. The molecule has 1 aromatic heterocycles. The summed E-state index contributed by atoms with van der Waals surface area (Å²) in [4.78, 5) is 31.1.